The molecule has 222 valence electrons. The number of rotatable bonds is 7. The minimum Gasteiger partial charge on any atom is -0.310 e. The number of hydrogen-bond acceptors (Lipinski definition) is 1. The average Bonchev–Trinajstić information content (AvgIpc) is 3.16. The molecule has 1 nitrogen and oxygen atoms in total. The standard InChI is InChI=1S/C46H33N/c1-5-13-34(14-6-1)39-23-21-37-22-24-40(32-42(37)31-39)36-25-28-44(29-26-36)47(43-19-11-4-12-20-43)46-30-27-41(35-15-7-2-8-16-35)33-45(46)38-17-9-3-10-18-38/h1-33H. The predicted molar refractivity (Wildman–Crippen MR) is 200 cm³/mol. The van der Waals surface area contributed by atoms with Crippen molar-refractivity contribution in [1.29, 1.82) is 0 Å². The molecule has 8 aromatic carbocycles. The Balaban J connectivity index is 1.21. The Hall–Kier alpha value is -6.18. The lowest BCUT2D eigenvalue weighted by Crippen LogP contribution is -2.11. The normalized spacial score (nSPS) is 11.0. The van der Waals surface area contributed by atoms with E-state index in [1.54, 1.807) is 0 Å². The summed E-state index contributed by atoms with van der Waals surface area (Å²) < 4.78 is 0. The molecule has 0 saturated heterocycles. The van der Waals surface area contributed by atoms with Gasteiger partial charge in [0.1, 0.15) is 0 Å². The third-order valence-corrected chi connectivity index (χ3v) is 8.85. The van der Waals surface area contributed by atoms with Gasteiger partial charge in [-0.05, 0) is 98.2 Å². The van der Waals surface area contributed by atoms with Gasteiger partial charge in [-0.15, -0.1) is 0 Å². The Labute approximate surface area is 276 Å². The van der Waals surface area contributed by atoms with Gasteiger partial charge in [0.2, 0.25) is 0 Å². The summed E-state index contributed by atoms with van der Waals surface area (Å²) in [6.07, 6.45) is 0. The van der Waals surface area contributed by atoms with Crippen LogP contribution >= 0.6 is 0 Å². The van der Waals surface area contributed by atoms with E-state index < -0.39 is 0 Å². The smallest absolute Gasteiger partial charge is 0.0540 e. The van der Waals surface area contributed by atoms with Gasteiger partial charge in [0, 0.05) is 16.9 Å². The number of anilines is 3. The molecular formula is C46H33N. The van der Waals surface area contributed by atoms with Gasteiger partial charge in [0.05, 0.1) is 5.69 Å². The Bertz CT molecular complexity index is 2260. The summed E-state index contributed by atoms with van der Waals surface area (Å²) in [4.78, 5) is 2.37. The molecule has 0 fully saturated rings. The van der Waals surface area contributed by atoms with Crippen LogP contribution in [0.4, 0.5) is 17.1 Å². The molecular weight excluding hydrogens is 567 g/mol. The highest BCUT2D eigenvalue weighted by atomic mass is 15.1. The van der Waals surface area contributed by atoms with E-state index in [1.165, 1.54) is 55.3 Å². The van der Waals surface area contributed by atoms with E-state index in [1.807, 2.05) is 0 Å². The zero-order valence-corrected chi connectivity index (χ0v) is 26.0. The van der Waals surface area contributed by atoms with Crippen LogP contribution in [0, 0.1) is 0 Å². The highest BCUT2D eigenvalue weighted by molar-refractivity contribution is 5.93. The van der Waals surface area contributed by atoms with Crippen molar-refractivity contribution in [2.24, 2.45) is 0 Å². The van der Waals surface area contributed by atoms with Crippen molar-refractivity contribution in [2.75, 3.05) is 4.90 Å². The summed E-state index contributed by atoms with van der Waals surface area (Å²) in [5.74, 6) is 0. The number of fused-ring (bicyclic) bond motifs is 1. The number of benzene rings is 8. The molecule has 0 atom stereocenters. The van der Waals surface area contributed by atoms with Crippen molar-refractivity contribution in [3.05, 3.63) is 200 Å². The second-order valence-electron chi connectivity index (χ2n) is 11.8. The number of nitrogens with zero attached hydrogens (tertiary/aromatic N) is 1. The molecule has 1 heteroatoms. The molecule has 0 aliphatic rings. The fourth-order valence-corrected chi connectivity index (χ4v) is 6.43. The molecule has 8 aromatic rings. The summed E-state index contributed by atoms with van der Waals surface area (Å²) >= 11 is 0. The van der Waals surface area contributed by atoms with Gasteiger partial charge in [-0.1, -0.05) is 152 Å². The fraction of sp³-hybridized carbons (Fsp3) is 0. The monoisotopic (exact) mass is 599 g/mol. The lowest BCUT2D eigenvalue weighted by atomic mass is 9.96. The molecule has 0 N–H and O–H groups in total. The zero-order valence-electron chi connectivity index (χ0n) is 26.0. The highest BCUT2D eigenvalue weighted by Gasteiger charge is 2.18. The van der Waals surface area contributed by atoms with Gasteiger partial charge in [0.15, 0.2) is 0 Å². The Kier molecular flexibility index (Phi) is 7.63. The highest BCUT2D eigenvalue weighted by Crippen LogP contribution is 2.43. The first kappa shape index (κ1) is 28.3. The summed E-state index contributed by atoms with van der Waals surface area (Å²) in [7, 11) is 0. The average molecular weight is 600 g/mol. The van der Waals surface area contributed by atoms with Crippen molar-refractivity contribution in [3.8, 4) is 44.5 Å². The molecule has 0 bridgehead atoms. The summed E-state index contributed by atoms with van der Waals surface area (Å²) in [6.45, 7) is 0. The van der Waals surface area contributed by atoms with Crippen LogP contribution in [0.15, 0.2) is 200 Å². The van der Waals surface area contributed by atoms with Crippen LogP contribution in [0.3, 0.4) is 0 Å². The summed E-state index contributed by atoms with van der Waals surface area (Å²) in [5, 5.41) is 2.48. The van der Waals surface area contributed by atoms with Gasteiger partial charge >= 0.3 is 0 Å². The largest absolute Gasteiger partial charge is 0.310 e. The summed E-state index contributed by atoms with van der Waals surface area (Å²) in [6, 6.07) is 71.8. The first-order valence-corrected chi connectivity index (χ1v) is 16.1. The molecule has 0 radical (unpaired) electrons. The summed E-state index contributed by atoms with van der Waals surface area (Å²) in [5.41, 5.74) is 13.0. The lowest BCUT2D eigenvalue weighted by molar-refractivity contribution is 1.28. The van der Waals surface area contributed by atoms with E-state index in [-0.39, 0.29) is 0 Å². The van der Waals surface area contributed by atoms with Crippen LogP contribution in [-0.4, -0.2) is 0 Å². The molecule has 0 spiro atoms. The molecule has 0 unspecified atom stereocenters. The van der Waals surface area contributed by atoms with Crippen molar-refractivity contribution in [3.63, 3.8) is 0 Å². The maximum absolute atomic E-state index is 2.37. The fourth-order valence-electron chi connectivity index (χ4n) is 6.43. The third-order valence-electron chi connectivity index (χ3n) is 8.85. The van der Waals surface area contributed by atoms with E-state index in [2.05, 4.69) is 205 Å². The molecule has 0 heterocycles. The molecule has 0 amide bonds. The minimum atomic E-state index is 1.11. The van der Waals surface area contributed by atoms with Gasteiger partial charge in [0.25, 0.3) is 0 Å². The minimum absolute atomic E-state index is 1.11. The van der Waals surface area contributed by atoms with Crippen LogP contribution in [0.5, 0.6) is 0 Å². The number of para-hydroxylation sites is 1. The Morgan fingerprint density at radius 1 is 0.255 bits per heavy atom. The van der Waals surface area contributed by atoms with E-state index in [0.717, 1.165) is 17.1 Å². The van der Waals surface area contributed by atoms with E-state index >= 15 is 0 Å². The van der Waals surface area contributed by atoms with Crippen LogP contribution in [0.25, 0.3) is 55.3 Å². The van der Waals surface area contributed by atoms with Crippen molar-refractivity contribution >= 4 is 27.8 Å². The van der Waals surface area contributed by atoms with E-state index in [9.17, 15) is 0 Å². The van der Waals surface area contributed by atoms with Gasteiger partial charge in [-0.3, -0.25) is 0 Å². The van der Waals surface area contributed by atoms with Crippen LogP contribution in [-0.2, 0) is 0 Å². The molecule has 47 heavy (non-hydrogen) atoms. The SMILES string of the molecule is c1ccc(-c2ccc(N(c3ccccc3)c3ccc(-c4ccc5ccc(-c6ccccc6)cc5c4)cc3)c(-c3ccccc3)c2)cc1. The molecule has 8 rings (SSSR count). The maximum atomic E-state index is 2.37. The molecule has 0 aliphatic carbocycles. The van der Waals surface area contributed by atoms with E-state index in [0.29, 0.717) is 0 Å². The third kappa shape index (κ3) is 5.83. The predicted octanol–water partition coefficient (Wildman–Crippen LogP) is 13.0. The Morgan fingerprint density at radius 3 is 1.21 bits per heavy atom. The van der Waals surface area contributed by atoms with Crippen molar-refractivity contribution in [1.82, 2.24) is 0 Å². The van der Waals surface area contributed by atoms with Crippen LogP contribution in [0.1, 0.15) is 0 Å². The zero-order chi connectivity index (χ0) is 31.4. The van der Waals surface area contributed by atoms with Crippen LogP contribution < -0.4 is 4.90 Å². The van der Waals surface area contributed by atoms with Crippen molar-refractivity contribution < 1.29 is 0 Å². The van der Waals surface area contributed by atoms with Gasteiger partial charge in [-0.2, -0.15) is 0 Å². The van der Waals surface area contributed by atoms with Gasteiger partial charge < -0.3 is 4.90 Å². The molecule has 0 saturated carbocycles. The van der Waals surface area contributed by atoms with Crippen molar-refractivity contribution in [2.45, 2.75) is 0 Å². The Morgan fingerprint density at radius 2 is 0.660 bits per heavy atom. The topological polar surface area (TPSA) is 3.24 Å². The van der Waals surface area contributed by atoms with E-state index in [4.69, 9.17) is 0 Å². The second-order valence-corrected chi connectivity index (χ2v) is 11.8. The van der Waals surface area contributed by atoms with Crippen LogP contribution in [0.2, 0.25) is 0 Å². The second kappa shape index (κ2) is 12.7. The maximum Gasteiger partial charge on any atom is 0.0540 e. The van der Waals surface area contributed by atoms with Gasteiger partial charge in [-0.25, -0.2) is 0 Å². The first-order chi connectivity index (χ1) is 23.3. The first-order valence-electron chi connectivity index (χ1n) is 16.1. The lowest BCUT2D eigenvalue weighted by Gasteiger charge is -2.28. The quantitative estimate of drug-likeness (QED) is 0.176. The molecule has 0 aromatic heterocycles. The molecule has 0 aliphatic heterocycles. The number of hydrogen-bond donors (Lipinski definition) is 0.